The first kappa shape index (κ1) is 10.9. The number of carbonyl (C=O) groups is 1. The fourth-order valence-electron chi connectivity index (χ4n) is 0.989. The maximum absolute atomic E-state index is 12.9. The molecule has 76 valence electrons. The number of carboxylic acid groups (broad SMARTS) is 1. The number of benzene rings is 1. The summed E-state index contributed by atoms with van der Waals surface area (Å²) in [5.74, 6) is -1.46. The summed E-state index contributed by atoms with van der Waals surface area (Å²) in [5.41, 5.74) is 0.549. The Balaban J connectivity index is 2.59. The van der Waals surface area contributed by atoms with Crippen LogP contribution in [0.4, 0.5) is 4.39 Å². The molecule has 0 heterocycles. The topological polar surface area (TPSA) is 49.3 Å². The highest BCUT2D eigenvalue weighted by molar-refractivity contribution is 6.31. The number of rotatable bonds is 4. The molecule has 0 aliphatic carbocycles. The fourth-order valence-corrected chi connectivity index (χ4v) is 1.18. The predicted octanol–water partition coefficient (Wildman–Crippen LogP) is 1.65. The molecule has 0 atom stereocenters. The molecule has 0 aliphatic rings. The Morgan fingerprint density at radius 2 is 2.29 bits per heavy atom. The second-order valence-corrected chi connectivity index (χ2v) is 3.09. The average Bonchev–Trinajstić information content (AvgIpc) is 2.12. The third kappa shape index (κ3) is 2.97. The summed E-state index contributed by atoms with van der Waals surface area (Å²) in [7, 11) is 0. The van der Waals surface area contributed by atoms with Gasteiger partial charge in [0.15, 0.2) is 0 Å². The maximum Gasteiger partial charge on any atom is 0.317 e. The van der Waals surface area contributed by atoms with E-state index in [1.165, 1.54) is 12.1 Å². The Bertz CT molecular complexity index is 344. The second kappa shape index (κ2) is 4.93. The second-order valence-electron chi connectivity index (χ2n) is 2.71. The zero-order chi connectivity index (χ0) is 10.6. The largest absolute Gasteiger partial charge is 0.480 e. The van der Waals surface area contributed by atoms with E-state index in [0.29, 0.717) is 5.56 Å². The van der Waals surface area contributed by atoms with Gasteiger partial charge in [-0.2, -0.15) is 0 Å². The van der Waals surface area contributed by atoms with Gasteiger partial charge in [-0.3, -0.25) is 4.79 Å². The molecule has 14 heavy (non-hydrogen) atoms. The van der Waals surface area contributed by atoms with Crippen LogP contribution in [0, 0.1) is 5.82 Å². The smallest absolute Gasteiger partial charge is 0.317 e. The van der Waals surface area contributed by atoms with Crippen molar-refractivity contribution >= 4 is 17.6 Å². The summed E-state index contributed by atoms with van der Waals surface area (Å²) in [6.07, 6.45) is 0. The van der Waals surface area contributed by atoms with Crippen molar-refractivity contribution in [3.05, 3.63) is 34.6 Å². The van der Waals surface area contributed by atoms with Crippen LogP contribution in [0.2, 0.25) is 5.02 Å². The van der Waals surface area contributed by atoms with Crippen molar-refractivity contribution in [2.75, 3.05) is 6.54 Å². The van der Waals surface area contributed by atoms with Gasteiger partial charge in [-0.25, -0.2) is 4.39 Å². The standard InChI is InChI=1S/C9H9ClFNO2/c10-9-6(2-1-3-7(9)11)4-12-5-8(13)14/h1-3,12H,4-5H2,(H,13,14). The van der Waals surface area contributed by atoms with Crippen LogP contribution in [0.25, 0.3) is 0 Å². The minimum absolute atomic E-state index is 0.0328. The highest BCUT2D eigenvalue weighted by atomic mass is 35.5. The third-order valence-electron chi connectivity index (χ3n) is 1.62. The van der Waals surface area contributed by atoms with Crippen molar-refractivity contribution in [1.82, 2.24) is 5.32 Å². The molecule has 1 aromatic rings. The molecule has 3 nitrogen and oxygen atoms in total. The Morgan fingerprint density at radius 1 is 1.57 bits per heavy atom. The zero-order valence-electron chi connectivity index (χ0n) is 7.26. The van der Waals surface area contributed by atoms with E-state index in [0.717, 1.165) is 0 Å². The minimum atomic E-state index is -0.961. The molecule has 0 radical (unpaired) electrons. The predicted molar refractivity (Wildman–Crippen MR) is 50.8 cm³/mol. The number of halogens is 2. The van der Waals surface area contributed by atoms with Gasteiger partial charge in [0.25, 0.3) is 0 Å². The Hall–Kier alpha value is -1.13. The lowest BCUT2D eigenvalue weighted by molar-refractivity contribution is -0.135. The lowest BCUT2D eigenvalue weighted by atomic mass is 10.2. The SMILES string of the molecule is O=C(O)CNCc1cccc(F)c1Cl. The van der Waals surface area contributed by atoms with Gasteiger partial charge in [0.2, 0.25) is 0 Å². The molecule has 0 aliphatic heterocycles. The quantitative estimate of drug-likeness (QED) is 0.807. The fraction of sp³-hybridized carbons (Fsp3) is 0.222. The maximum atomic E-state index is 12.9. The van der Waals surface area contributed by atoms with Crippen molar-refractivity contribution in [2.45, 2.75) is 6.54 Å². The summed E-state index contributed by atoms with van der Waals surface area (Å²) in [6, 6.07) is 4.42. The van der Waals surface area contributed by atoms with Crippen LogP contribution in [0.1, 0.15) is 5.56 Å². The van der Waals surface area contributed by atoms with E-state index in [4.69, 9.17) is 16.7 Å². The van der Waals surface area contributed by atoms with Gasteiger partial charge in [0.1, 0.15) is 5.82 Å². The molecule has 0 amide bonds. The van der Waals surface area contributed by atoms with Crippen LogP contribution in [-0.2, 0) is 11.3 Å². The number of aliphatic carboxylic acids is 1. The molecular weight excluding hydrogens is 209 g/mol. The highest BCUT2D eigenvalue weighted by Crippen LogP contribution is 2.18. The van der Waals surface area contributed by atoms with E-state index < -0.39 is 11.8 Å². The minimum Gasteiger partial charge on any atom is -0.480 e. The van der Waals surface area contributed by atoms with E-state index in [-0.39, 0.29) is 18.1 Å². The van der Waals surface area contributed by atoms with Crippen LogP contribution < -0.4 is 5.32 Å². The Labute approximate surface area is 85.5 Å². The Kier molecular flexibility index (Phi) is 3.85. The molecule has 0 saturated carbocycles. The normalized spacial score (nSPS) is 10.1. The van der Waals surface area contributed by atoms with E-state index in [2.05, 4.69) is 5.32 Å². The van der Waals surface area contributed by atoms with E-state index in [9.17, 15) is 9.18 Å². The van der Waals surface area contributed by atoms with Gasteiger partial charge in [0, 0.05) is 6.54 Å². The molecule has 1 aromatic carbocycles. The lowest BCUT2D eigenvalue weighted by Crippen LogP contribution is -2.22. The van der Waals surface area contributed by atoms with Crippen LogP contribution >= 0.6 is 11.6 Å². The molecule has 0 saturated heterocycles. The lowest BCUT2D eigenvalue weighted by Gasteiger charge is -2.04. The monoisotopic (exact) mass is 217 g/mol. The van der Waals surface area contributed by atoms with E-state index >= 15 is 0 Å². The van der Waals surface area contributed by atoms with E-state index in [1.54, 1.807) is 6.07 Å². The first-order valence-electron chi connectivity index (χ1n) is 3.96. The summed E-state index contributed by atoms with van der Waals surface area (Å²) in [6.45, 7) is 0.0652. The molecule has 0 bridgehead atoms. The van der Waals surface area contributed by atoms with Gasteiger partial charge in [0.05, 0.1) is 11.6 Å². The first-order valence-corrected chi connectivity index (χ1v) is 4.34. The number of carboxylic acids is 1. The van der Waals surface area contributed by atoms with E-state index in [1.807, 2.05) is 0 Å². The van der Waals surface area contributed by atoms with Crippen LogP contribution in [-0.4, -0.2) is 17.6 Å². The van der Waals surface area contributed by atoms with Gasteiger partial charge in [-0.1, -0.05) is 23.7 Å². The molecular formula is C9H9ClFNO2. The van der Waals surface area contributed by atoms with Crippen LogP contribution in [0.3, 0.4) is 0 Å². The number of nitrogens with one attached hydrogen (secondary N) is 1. The molecule has 0 fully saturated rings. The Morgan fingerprint density at radius 3 is 2.93 bits per heavy atom. The summed E-state index contributed by atoms with van der Waals surface area (Å²) in [5, 5.41) is 11.0. The molecule has 0 aromatic heterocycles. The van der Waals surface area contributed by atoms with Crippen molar-refractivity contribution in [2.24, 2.45) is 0 Å². The molecule has 0 unspecified atom stereocenters. The van der Waals surface area contributed by atoms with Gasteiger partial charge >= 0.3 is 5.97 Å². The van der Waals surface area contributed by atoms with Crippen molar-refractivity contribution in [3.8, 4) is 0 Å². The van der Waals surface area contributed by atoms with Crippen molar-refractivity contribution in [3.63, 3.8) is 0 Å². The van der Waals surface area contributed by atoms with Crippen LogP contribution in [0.15, 0.2) is 18.2 Å². The zero-order valence-corrected chi connectivity index (χ0v) is 8.01. The average molecular weight is 218 g/mol. The summed E-state index contributed by atoms with van der Waals surface area (Å²) in [4.78, 5) is 10.2. The molecule has 5 heteroatoms. The highest BCUT2D eigenvalue weighted by Gasteiger charge is 2.05. The van der Waals surface area contributed by atoms with Gasteiger partial charge < -0.3 is 10.4 Å². The first-order chi connectivity index (χ1) is 6.61. The van der Waals surface area contributed by atoms with Crippen molar-refractivity contribution < 1.29 is 14.3 Å². The van der Waals surface area contributed by atoms with Crippen molar-refractivity contribution in [1.29, 1.82) is 0 Å². The molecule has 2 N–H and O–H groups in total. The van der Waals surface area contributed by atoms with Gasteiger partial charge in [-0.15, -0.1) is 0 Å². The third-order valence-corrected chi connectivity index (χ3v) is 2.05. The number of hydrogen-bond donors (Lipinski definition) is 2. The van der Waals surface area contributed by atoms with Crippen LogP contribution in [0.5, 0.6) is 0 Å². The molecule has 0 spiro atoms. The summed E-state index contributed by atoms with van der Waals surface area (Å²) >= 11 is 5.65. The summed E-state index contributed by atoms with van der Waals surface area (Å²) < 4.78 is 12.9. The molecule has 1 rings (SSSR count). The number of hydrogen-bond acceptors (Lipinski definition) is 2. The van der Waals surface area contributed by atoms with Gasteiger partial charge in [-0.05, 0) is 11.6 Å².